The highest BCUT2D eigenvalue weighted by molar-refractivity contribution is 7.91. The summed E-state index contributed by atoms with van der Waals surface area (Å²) in [4.78, 5) is 13.8. The van der Waals surface area contributed by atoms with Crippen LogP contribution in [-0.4, -0.2) is 19.5 Å². The van der Waals surface area contributed by atoms with Crippen molar-refractivity contribution in [2.24, 2.45) is 0 Å². The smallest absolute Gasteiger partial charge is 0.267 e. The van der Waals surface area contributed by atoms with Gasteiger partial charge in [0.05, 0.1) is 15.5 Å². The molecule has 25 heavy (non-hydrogen) atoms. The van der Waals surface area contributed by atoms with Gasteiger partial charge in [-0.15, -0.1) is 11.3 Å². The number of benzene rings is 1. The molecule has 0 saturated carbocycles. The lowest BCUT2D eigenvalue weighted by Crippen LogP contribution is -2.11. The van der Waals surface area contributed by atoms with Crippen LogP contribution in [0.1, 0.15) is 21.0 Å². The van der Waals surface area contributed by atoms with E-state index in [9.17, 15) is 13.2 Å². The van der Waals surface area contributed by atoms with Crippen molar-refractivity contribution in [2.45, 2.75) is 17.6 Å². The summed E-state index contributed by atoms with van der Waals surface area (Å²) in [5.41, 5.74) is 1.19. The largest absolute Gasteiger partial charge is 0.360 e. The molecule has 0 aliphatic carbocycles. The molecule has 4 rings (SSSR count). The van der Waals surface area contributed by atoms with E-state index in [1.165, 1.54) is 17.4 Å². The van der Waals surface area contributed by atoms with E-state index in [0.29, 0.717) is 32.6 Å². The van der Waals surface area contributed by atoms with Gasteiger partial charge in [0, 0.05) is 21.5 Å². The van der Waals surface area contributed by atoms with Gasteiger partial charge in [0.1, 0.15) is 5.76 Å². The first-order chi connectivity index (χ1) is 11.8. The molecule has 1 amide bonds. The Kier molecular flexibility index (Phi) is 3.71. The zero-order valence-electron chi connectivity index (χ0n) is 12.9. The Morgan fingerprint density at radius 1 is 1.32 bits per heavy atom. The number of anilines is 1. The molecule has 0 fully saturated rings. The molecule has 1 N–H and O–H groups in total. The normalized spacial score (nSPS) is 14.6. The highest BCUT2D eigenvalue weighted by atomic mass is 35.5. The number of aryl methyl sites for hydroxylation is 1. The number of amides is 1. The highest BCUT2D eigenvalue weighted by Gasteiger charge is 2.31. The summed E-state index contributed by atoms with van der Waals surface area (Å²) in [5, 5.41) is 6.72. The second-order valence-electron chi connectivity index (χ2n) is 5.64. The maximum absolute atomic E-state index is 12.5. The van der Waals surface area contributed by atoms with Gasteiger partial charge in [-0.3, -0.25) is 4.79 Å². The molecule has 0 atom stereocenters. The van der Waals surface area contributed by atoms with E-state index >= 15 is 0 Å². The van der Waals surface area contributed by atoms with Crippen molar-refractivity contribution in [3.8, 4) is 10.4 Å². The van der Waals surface area contributed by atoms with Gasteiger partial charge in [-0.05, 0) is 30.7 Å². The van der Waals surface area contributed by atoms with Crippen molar-refractivity contribution in [1.82, 2.24) is 5.16 Å². The summed E-state index contributed by atoms with van der Waals surface area (Å²) in [6, 6.07) is 7.98. The maximum Gasteiger partial charge on any atom is 0.267 e. The fourth-order valence-electron chi connectivity index (χ4n) is 2.70. The van der Waals surface area contributed by atoms with Crippen LogP contribution >= 0.6 is 22.9 Å². The lowest BCUT2D eigenvalue weighted by atomic mass is 10.1. The molecule has 1 aliphatic heterocycles. The van der Waals surface area contributed by atoms with Crippen LogP contribution in [0.5, 0.6) is 0 Å². The molecule has 0 spiro atoms. The van der Waals surface area contributed by atoms with Crippen LogP contribution in [0, 0.1) is 6.92 Å². The fraction of sp³-hybridized carbons (Fsp3) is 0.125. The Labute approximate surface area is 152 Å². The van der Waals surface area contributed by atoms with E-state index in [1.807, 2.05) is 0 Å². The summed E-state index contributed by atoms with van der Waals surface area (Å²) in [7, 11) is -3.48. The number of rotatable bonds is 2. The third-order valence-electron chi connectivity index (χ3n) is 3.77. The number of nitrogens with one attached hydrogen (secondary N) is 1. The van der Waals surface area contributed by atoms with E-state index < -0.39 is 9.84 Å². The van der Waals surface area contributed by atoms with Crippen LogP contribution in [0.2, 0.25) is 5.02 Å². The summed E-state index contributed by atoms with van der Waals surface area (Å²) in [5.74, 6) is 0.384. The minimum absolute atomic E-state index is 0.150. The quantitative estimate of drug-likeness (QED) is 0.711. The summed E-state index contributed by atoms with van der Waals surface area (Å²) < 4.78 is 29.9. The van der Waals surface area contributed by atoms with E-state index in [2.05, 4.69) is 10.5 Å². The van der Waals surface area contributed by atoms with Gasteiger partial charge in [-0.25, -0.2) is 8.42 Å². The zero-order chi connectivity index (χ0) is 17.8. The van der Waals surface area contributed by atoms with Crippen molar-refractivity contribution in [3.05, 3.63) is 51.6 Å². The van der Waals surface area contributed by atoms with E-state index in [-0.39, 0.29) is 16.6 Å². The van der Waals surface area contributed by atoms with Gasteiger partial charge in [0.2, 0.25) is 0 Å². The number of nitrogens with zero attached hydrogens (tertiary/aromatic N) is 1. The molecule has 1 aromatic carbocycles. The Morgan fingerprint density at radius 2 is 2.12 bits per heavy atom. The molecule has 9 heteroatoms. The number of carbonyl (C=O) groups is 1. The predicted octanol–water partition coefficient (Wildman–Crippen LogP) is 3.90. The van der Waals surface area contributed by atoms with Crippen LogP contribution in [0.4, 0.5) is 5.82 Å². The summed E-state index contributed by atoms with van der Waals surface area (Å²) in [6.45, 7) is 1.72. The number of carbonyl (C=O) groups excluding carboxylic acids is 1. The first kappa shape index (κ1) is 16.3. The molecule has 6 nitrogen and oxygen atoms in total. The Balaban J connectivity index is 1.75. The first-order valence-corrected chi connectivity index (χ1v) is 10.1. The van der Waals surface area contributed by atoms with Crippen LogP contribution in [0.3, 0.4) is 0 Å². The van der Waals surface area contributed by atoms with Gasteiger partial charge in [0.15, 0.2) is 15.7 Å². The molecule has 0 bridgehead atoms. The number of hydrogen-bond donors (Lipinski definition) is 1. The first-order valence-electron chi connectivity index (χ1n) is 7.23. The molecule has 1 aliphatic rings. The van der Waals surface area contributed by atoms with Crippen LogP contribution in [0.25, 0.3) is 10.4 Å². The molecule has 0 saturated heterocycles. The monoisotopic (exact) mass is 394 g/mol. The predicted molar refractivity (Wildman–Crippen MR) is 94.8 cm³/mol. The molecule has 3 aromatic rings. The number of sulfone groups is 1. The second kappa shape index (κ2) is 5.69. The summed E-state index contributed by atoms with van der Waals surface area (Å²) in [6.07, 6.45) is 0. The van der Waals surface area contributed by atoms with Gasteiger partial charge < -0.3 is 9.84 Å². The third-order valence-corrected chi connectivity index (χ3v) is 6.91. The summed E-state index contributed by atoms with van der Waals surface area (Å²) >= 11 is 7.18. The minimum atomic E-state index is -3.48. The van der Waals surface area contributed by atoms with Crippen molar-refractivity contribution >= 4 is 44.5 Å². The third kappa shape index (κ3) is 2.86. The number of aromatic nitrogens is 1. The van der Waals surface area contributed by atoms with Gasteiger partial charge >= 0.3 is 0 Å². The molecule has 0 unspecified atom stereocenters. The number of hydrogen-bond acceptors (Lipinski definition) is 6. The van der Waals surface area contributed by atoms with Crippen LogP contribution in [-0.2, 0) is 15.6 Å². The minimum Gasteiger partial charge on any atom is -0.360 e. The van der Waals surface area contributed by atoms with Crippen molar-refractivity contribution in [1.29, 1.82) is 0 Å². The topological polar surface area (TPSA) is 89.3 Å². The molecule has 2 aromatic heterocycles. The van der Waals surface area contributed by atoms with E-state index in [4.69, 9.17) is 16.1 Å². The second-order valence-corrected chi connectivity index (χ2v) is 9.09. The number of thiophene rings is 1. The van der Waals surface area contributed by atoms with Crippen molar-refractivity contribution in [3.63, 3.8) is 0 Å². The van der Waals surface area contributed by atoms with Crippen LogP contribution in [0.15, 0.2) is 39.8 Å². The number of fused-ring (bicyclic) bond motifs is 3. The van der Waals surface area contributed by atoms with Gasteiger partial charge in [0.25, 0.3) is 5.91 Å². The molecule has 3 heterocycles. The van der Waals surface area contributed by atoms with Crippen molar-refractivity contribution < 1.29 is 17.7 Å². The van der Waals surface area contributed by atoms with Crippen molar-refractivity contribution in [2.75, 3.05) is 5.32 Å². The fourth-order valence-corrected chi connectivity index (χ4v) is 5.81. The molecule has 128 valence electrons. The van der Waals surface area contributed by atoms with E-state index in [1.54, 1.807) is 31.2 Å². The molecule has 0 radical (unpaired) electrons. The van der Waals surface area contributed by atoms with Gasteiger partial charge in [-0.1, -0.05) is 22.8 Å². The average molecular weight is 395 g/mol. The SMILES string of the molecule is Cc1cc(NC(=O)c2cc3c(s2)-c2ccc(Cl)cc2S(=O)(=O)C3)no1. The maximum atomic E-state index is 12.5. The molecular formula is C16H11ClN2O4S2. The lowest BCUT2D eigenvalue weighted by molar-refractivity contribution is 0.102. The number of halogens is 1. The van der Waals surface area contributed by atoms with Crippen LogP contribution < -0.4 is 5.32 Å². The Hall–Kier alpha value is -2.16. The molecular weight excluding hydrogens is 384 g/mol. The lowest BCUT2D eigenvalue weighted by Gasteiger charge is -2.16. The standard InChI is InChI=1S/C16H11ClN2O4S2/c1-8-4-14(19-23-8)18-16(20)12-5-9-7-25(21,22)13-6-10(17)2-3-11(13)15(9)24-12/h2-6H,7H2,1H3,(H,18,19,20). The van der Waals surface area contributed by atoms with E-state index in [0.717, 1.165) is 4.88 Å². The Morgan fingerprint density at radius 3 is 2.84 bits per heavy atom. The average Bonchev–Trinajstić information content (AvgIpc) is 3.13. The van der Waals surface area contributed by atoms with Gasteiger partial charge in [-0.2, -0.15) is 0 Å². The highest BCUT2D eigenvalue weighted by Crippen LogP contribution is 2.43. The Bertz CT molecular complexity index is 1120. The zero-order valence-corrected chi connectivity index (χ0v) is 15.3.